The molecule has 0 aromatic carbocycles. The maximum absolute atomic E-state index is 4.31. The van der Waals surface area contributed by atoms with Crippen LogP contribution in [0.1, 0.15) is 36.8 Å². The van der Waals surface area contributed by atoms with Crippen LogP contribution in [0, 0.1) is 0 Å². The molecule has 92 valence electrons. The monoisotopic (exact) mass is 262 g/mol. The van der Waals surface area contributed by atoms with E-state index in [1.165, 1.54) is 24.0 Å². The largest absolute Gasteiger partial charge is 0.317 e. The van der Waals surface area contributed by atoms with Gasteiger partial charge in [0.2, 0.25) is 0 Å². The zero-order valence-electron chi connectivity index (χ0n) is 9.61. The summed E-state index contributed by atoms with van der Waals surface area (Å²) < 4.78 is 0. The number of aromatic nitrogens is 1. The average Bonchev–Trinajstić information content (AvgIpc) is 2.30. The van der Waals surface area contributed by atoms with Crippen molar-refractivity contribution in [1.82, 2.24) is 10.3 Å². The second-order valence-corrected chi connectivity index (χ2v) is 4.00. The summed E-state index contributed by atoms with van der Waals surface area (Å²) in [4.78, 5) is 4.31. The standard InChI is InChI=1S/C12H18N2.2ClH/c1-2-10-7-12(9-14-8-10)11-3-5-13-6-4-11;;/h7-9,11,13H,2-6H2,1H3;2*1H. The molecule has 0 amide bonds. The Labute approximate surface area is 110 Å². The van der Waals surface area contributed by atoms with Crippen LogP contribution in [0.15, 0.2) is 18.5 Å². The van der Waals surface area contributed by atoms with Gasteiger partial charge in [-0.25, -0.2) is 0 Å². The number of pyridine rings is 1. The zero-order chi connectivity index (χ0) is 9.80. The Morgan fingerprint density at radius 1 is 1.25 bits per heavy atom. The van der Waals surface area contributed by atoms with Crippen molar-refractivity contribution in [2.45, 2.75) is 32.1 Å². The second-order valence-electron chi connectivity index (χ2n) is 4.00. The van der Waals surface area contributed by atoms with Gasteiger partial charge in [0.15, 0.2) is 0 Å². The fraction of sp³-hybridized carbons (Fsp3) is 0.583. The van der Waals surface area contributed by atoms with E-state index < -0.39 is 0 Å². The third kappa shape index (κ3) is 3.93. The molecule has 1 fully saturated rings. The number of halogens is 2. The summed E-state index contributed by atoms with van der Waals surface area (Å²) in [6.07, 6.45) is 7.62. The van der Waals surface area contributed by atoms with Crippen LogP contribution < -0.4 is 5.32 Å². The molecule has 1 aliphatic heterocycles. The molecule has 2 rings (SSSR count). The Morgan fingerprint density at radius 2 is 1.94 bits per heavy atom. The van der Waals surface area contributed by atoms with Crippen molar-refractivity contribution in [1.29, 1.82) is 0 Å². The molecule has 1 aromatic rings. The minimum Gasteiger partial charge on any atom is -0.317 e. The third-order valence-electron chi connectivity index (χ3n) is 3.03. The highest BCUT2D eigenvalue weighted by Crippen LogP contribution is 2.24. The molecule has 2 heterocycles. The summed E-state index contributed by atoms with van der Waals surface area (Å²) in [6.45, 7) is 4.49. The summed E-state index contributed by atoms with van der Waals surface area (Å²) in [5, 5.41) is 3.39. The maximum Gasteiger partial charge on any atom is 0.0302 e. The lowest BCUT2D eigenvalue weighted by atomic mass is 9.90. The predicted molar refractivity (Wildman–Crippen MR) is 73.0 cm³/mol. The van der Waals surface area contributed by atoms with E-state index in [0.29, 0.717) is 0 Å². The molecule has 4 heteroatoms. The number of nitrogens with one attached hydrogen (secondary N) is 1. The van der Waals surface area contributed by atoms with Gasteiger partial charge in [0.1, 0.15) is 0 Å². The molecule has 2 nitrogen and oxygen atoms in total. The van der Waals surface area contributed by atoms with E-state index in [2.05, 4.69) is 23.3 Å². The lowest BCUT2D eigenvalue weighted by Gasteiger charge is -2.22. The zero-order valence-corrected chi connectivity index (χ0v) is 11.2. The van der Waals surface area contributed by atoms with Gasteiger partial charge >= 0.3 is 0 Å². The van der Waals surface area contributed by atoms with Crippen molar-refractivity contribution in [3.05, 3.63) is 29.6 Å². The lowest BCUT2D eigenvalue weighted by Crippen LogP contribution is -2.26. The molecule has 0 atom stereocenters. The normalized spacial score (nSPS) is 16.1. The summed E-state index contributed by atoms with van der Waals surface area (Å²) >= 11 is 0. The Bertz CT molecular complexity index is 299. The Balaban J connectivity index is 0.00000112. The van der Waals surface area contributed by atoms with Crippen LogP contribution in [0.2, 0.25) is 0 Å². The maximum atomic E-state index is 4.31. The third-order valence-corrected chi connectivity index (χ3v) is 3.03. The van der Waals surface area contributed by atoms with Crippen LogP contribution in [-0.2, 0) is 6.42 Å². The highest BCUT2D eigenvalue weighted by atomic mass is 35.5. The van der Waals surface area contributed by atoms with Gasteiger partial charge < -0.3 is 5.32 Å². The van der Waals surface area contributed by atoms with Gasteiger partial charge in [-0.05, 0) is 49.4 Å². The molecule has 0 saturated carbocycles. The molecule has 1 saturated heterocycles. The van der Waals surface area contributed by atoms with Gasteiger partial charge in [-0.1, -0.05) is 13.0 Å². The van der Waals surface area contributed by atoms with Crippen LogP contribution in [-0.4, -0.2) is 18.1 Å². The van der Waals surface area contributed by atoms with Crippen LogP contribution in [0.25, 0.3) is 0 Å². The number of piperidine rings is 1. The summed E-state index contributed by atoms with van der Waals surface area (Å²) in [7, 11) is 0. The smallest absolute Gasteiger partial charge is 0.0302 e. The summed E-state index contributed by atoms with van der Waals surface area (Å²) in [6, 6.07) is 2.32. The van der Waals surface area contributed by atoms with Gasteiger partial charge in [0.25, 0.3) is 0 Å². The Morgan fingerprint density at radius 3 is 2.56 bits per heavy atom. The van der Waals surface area contributed by atoms with Gasteiger partial charge in [-0.3, -0.25) is 4.98 Å². The first-order valence-corrected chi connectivity index (χ1v) is 5.54. The van der Waals surface area contributed by atoms with E-state index in [4.69, 9.17) is 0 Å². The highest BCUT2D eigenvalue weighted by molar-refractivity contribution is 5.85. The molecular weight excluding hydrogens is 243 g/mol. The van der Waals surface area contributed by atoms with Crippen molar-refractivity contribution in [2.75, 3.05) is 13.1 Å². The summed E-state index contributed by atoms with van der Waals surface area (Å²) in [5.41, 5.74) is 2.80. The summed E-state index contributed by atoms with van der Waals surface area (Å²) in [5.74, 6) is 0.732. The number of hydrogen-bond donors (Lipinski definition) is 1. The van der Waals surface area contributed by atoms with E-state index in [9.17, 15) is 0 Å². The second kappa shape index (κ2) is 7.88. The van der Waals surface area contributed by atoms with E-state index in [1.54, 1.807) is 0 Å². The van der Waals surface area contributed by atoms with E-state index in [1.807, 2.05) is 12.4 Å². The number of rotatable bonds is 2. The SMILES string of the molecule is CCc1cncc(C2CCNCC2)c1.Cl.Cl. The van der Waals surface area contributed by atoms with Crippen LogP contribution in [0.5, 0.6) is 0 Å². The van der Waals surface area contributed by atoms with Crippen LogP contribution in [0.3, 0.4) is 0 Å². The molecule has 1 aromatic heterocycles. The fourth-order valence-electron chi connectivity index (χ4n) is 2.08. The van der Waals surface area contributed by atoms with Crippen LogP contribution >= 0.6 is 24.8 Å². The van der Waals surface area contributed by atoms with E-state index >= 15 is 0 Å². The molecule has 0 unspecified atom stereocenters. The van der Waals surface area contributed by atoms with Crippen molar-refractivity contribution in [3.63, 3.8) is 0 Å². The van der Waals surface area contributed by atoms with Gasteiger partial charge in [0, 0.05) is 12.4 Å². The lowest BCUT2D eigenvalue weighted by molar-refractivity contribution is 0.459. The van der Waals surface area contributed by atoms with Gasteiger partial charge in [-0.15, -0.1) is 24.8 Å². The van der Waals surface area contributed by atoms with Crippen molar-refractivity contribution >= 4 is 24.8 Å². The molecule has 16 heavy (non-hydrogen) atoms. The molecule has 1 aliphatic rings. The first-order valence-electron chi connectivity index (χ1n) is 5.54. The molecule has 0 radical (unpaired) electrons. The van der Waals surface area contributed by atoms with Crippen molar-refractivity contribution in [3.8, 4) is 0 Å². The predicted octanol–water partition coefficient (Wildman–Crippen LogP) is 2.95. The Kier molecular flexibility index (Phi) is 7.73. The molecule has 1 N–H and O–H groups in total. The molecular formula is C12H20Cl2N2. The fourth-order valence-corrected chi connectivity index (χ4v) is 2.08. The minimum absolute atomic E-state index is 0. The molecule has 0 bridgehead atoms. The average molecular weight is 263 g/mol. The number of nitrogens with zero attached hydrogens (tertiary/aromatic N) is 1. The topological polar surface area (TPSA) is 24.9 Å². The van der Waals surface area contributed by atoms with Crippen LogP contribution in [0.4, 0.5) is 0 Å². The quantitative estimate of drug-likeness (QED) is 0.887. The highest BCUT2D eigenvalue weighted by Gasteiger charge is 2.15. The molecule has 0 spiro atoms. The first-order chi connectivity index (χ1) is 6.90. The van der Waals surface area contributed by atoms with E-state index in [0.717, 1.165) is 25.4 Å². The Hall–Kier alpha value is -0.310. The minimum atomic E-state index is 0. The number of aryl methyl sites for hydroxylation is 1. The van der Waals surface area contributed by atoms with E-state index in [-0.39, 0.29) is 24.8 Å². The van der Waals surface area contributed by atoms with Crippen molar-refractivity contribution in [2.24, 2.45) is 0 Å². The molecule has 0 aliphatic carbocycles. The van der Waals surface area contributed by atoms with Gasteiger partial charge in [-0.2, -0.15) is 0 Å². The van der Waals surface area contributed by atoms with Crippen molar-refractivity contribution < 1.29 is 0 Å². The number of hydrogen-bond acceptors (Lipinski definition) is 2. The van der Waals surface area contributed by atoms with Gasteiger partial charge in [0.05, 0.1) is 0 Å². The first kappa shape index (κ1) is 15.7.